The van der Waals surface area contributed by atoms with Gasteiger partial charge < -0.3 is 10.1 Å². The van der Waals surface area contributed by atoms with Crippen LogP contribution in [0.4, 0.5) is 0 Å². The van der Waals surface area contributed by atoms with Crippen molar-refractivity contribution >= 4 is 0 Å². The standard InChI is InChI=1S/C12H23NO/c1-12(7-3-2-4-8-12)14-11-6-5-9-13-10-11/h11,13H,2-10H2,1H3. The molecule has 2 aliphatic rings. The lowest BCUT2D eigenvalue weighted by molar-refractivity contribution is -0.107. The average Bonchev–Trinajstić information content (AvgIpc) is 2.19. The van der Waals surface area contributed by atoms with Gasteiger partial charge in [0, 0.05) is 6.54 Å². The largest absolute Gasteiger partial charge is 0.371 e. The second-order valence-corrected chi connectivity index (χ2v) is 5.10. The molecule has 1 aliphatic carbocycles. The molecule has 0 bridgehead atoms. The minimum absolute atomic E-state index is 0.196. The van der Waals surface area contributed by atoms with E-state index in [2.05, 4.69) is 12.2 Å². The van der Waals surface area contributed by atoms with Gasteiger partial charge in [0.25, 0.3) is 0 Å². The fourth-order valence-electron chi connectivity index (χ4n) is 2.74. The summed E-state index contributed by atoms with van der Waals surface area (Å²) in [6, 6.07) is 0. The number of hydrogen-bond donors (Lipinski definition) is 1. The highest BCUT2D eigenvalue weighted by Gasteiger charge is 2.30. The first-order valence-electron chi connectivity index (χ1n) is 6.17. The molecular formula is C12H23NO. The maximum Gasteiger partial charge on any atom is 0.0707 e. The first kappa shape index (κ1) is 10.4. The highest BCUT2D eigenvalue weighted by molar-refractivity contribution is 4.82. The van der Waals surface area contributed by atoms with Gasteiger partial charge in [-0.3, -0.25) is 0 Å². The summed E-state index contributed by atoms with van der Waals surface area (Å²) in [5.74, 6) is 0. The van der Waals surface area contributed by atoms with Crippen LogP contribution in [0.5, 0.6) is 0 Å². The summed E-state index contributed by atoms with van der Waals surface area (Å²) in [6.45, 7) is 4.55. The molecule has 1 aliphatic heterocycles. The third-order valence-corrected chi connectivity index (χ3v) is 3.61. The van der Waals surface area contributed by atoms with Crippen LogP contribution in [0, 0.1) is 0 Å². The molecule has 1 N–H and O–H groups in total. The first-order valence-corrected chi connectivity index (χ1v) is 6.17. The Morgan fingerprint density at radius 1 is 1.14 bits per heavy atom. The minimum Gasteiger partial charge on any atom is -0.371 e. The molecule has 2 rings (SSSR count). The molecule has 0 radical (unpaired) electrons. The Labute approximate surface area is 87.4 Å². The predicted octanol–water partition coefficient (Wildman–Crippen LogP) is 2.48. The summed E-state index contributed by atoms with van der Waals surface area (Å²) < 4.78 is 6.26. The molecule has 1 unspecified atom stereocenters. The zero-order valence-corrected chi connectivity index (χ0v) is 9.35. The summed E-state index contributed by atoms with van der Waals surface area (Å²) in [6.07, 6.45) is 9.66. The molecule has 14 heavy (non-hydrogen) atoms. The van der Waals surface area contributed by atoms with Crippen molar-refractivity contribution in [2.45, 2.75) is 63.6 Å². The summed E-state index contributed by atoms with van der Waals surface area (Å²) in [5, 5.41) is 3.42. The van der Waals surface area contributed by atoms with Crippen LogP contribution in [0.25, 0.3) is 0 Å². The first-order chi connectivity index (χ1) is 6.79. The van der Waals surface area contributed by atoms with E-state index in [0.717, 1.165) is 6.54 Å². The van der Waals surface area contributed by atoms with Crippen LogP contribution >= 0.6 is 0 Å². The molecule has 0 amide bonds. The number of hydrogen-bond acceptors (Lipinski definition) is 2. The van der Waals surface area contributed by atoms with Crippen LogP contribution in [0.2, 0.25) is 0 Å². The normalized spacial score (nSPS) is 32.8. The molecule has 82 valence electrons. The third kappa shape index (κ3) is 2.71. The lowest BCUT2D eigenvalue weighted by atomic mass is 9.86. The van der Waals surface area contributed by atoms with E-state index in [1.807, 2.05) is 0 Å². The van der Waals surface area contributed by atoms with E-state index in [9.17, 15) is 0 Å². The maximum absolute atomic E-state index is 6.26. The number of piperidine rings is 1. The summed E-state index contributed by atoms with van der Waals surface area (Å²) >= 11 is 0. The molecule has 2 nitrogen and oxygen atoms in total. The van der Waals surface area contributed by atoms with Crippen LogP contribution in [-0.4, -0.2) is 24.8 Å². The van der Waals surface area contributed by atoms with E-state index >= 15 is 0 Å². The van der Waals surface area contributed by atoms with Gasteiger partial charge in [0.05, 0.1) is 11.7 Å². The molecule has 1 saturated heterocycles. The molecule has 2 fully saturated rings. The Morgan fingerprint density at radius 2 is 1.93 bits per heavy atom. The average molecular weight is 197 g/mol. The highest BCUT2D eigenvalue weighted by Crippen LogP contribution is 2.32. The Hall–Kier alpha value is -0.0800. The van der Waals surface area contributed by atoms with E-state index in [-0.39, 0.29) is 5.60 Å². The van der Waals surface area contributed by atoms with Crippen molar-refractivity contribution in [2.24, 2.45) is 0 Å². The van der Waals surface area contributed by atoms with Gasteiger partial charge in [-0.25, -0.2) is 0 Å². The fraction of sp³-hybridized carbons (Fsp3) is 1.00. The Bertz CT molecular complexity index is 169. The smallest absolute Gasteiger partial charge is 0.0707 e. The molecule has 0 aromatic carbocycles. The van der Waals surface area contributed by atoms with Gasteiger partial charge in [-0.15, -0.1) is 0 Å². The van der Waals surface area contributed by atoms with Crippen molar-refractivity contribution in [1.29, 1.82) is 0 Å². The van der Waals surface area contributed by atoms with Crippen molar-refractivity contribution in [3.8, 4) is 0 Å². The van der Waals surface area contributed by atoms with Crippen LogP contribution in [0.15, 0.2) is 0 Å². The van der Waals surface area contributed by atoms with E-state index in [0.29, 0.717) is 6.10 Å². The van der Waals surface area contributed by atoms with Gasteiger partial charge in [0.1, 0.15) is 0 Å². The van der Waals surface area contributed by atoms with E-state index < -0.39 is 0 Å². The van der Waals surface area contributed by atoms with Crippen LogP contribution in [-0.2, 0) is 4.74 Å². The quantitative estimate of drug-likeness (QED) is 0.734. The van der Waals surface area contributed by atoms with Crippen LogP contribution in [0.1, 0.15) is 51.9 Å². The Morgan fingerprint density at radius 3 is 2.57 bits per heavy atom. The lowest BCUT2D eigenvalue weighted by Crippen LogP contribution is -2.42. The molecule has 0 spiro atoms. The van der Waals surface area contributed by atoms with Gasteiger partial charge in [-0.1, -0.05) is 19.3 Å². The Kier molecular flexibility index (Phi) is 3.45. The zero-order valence-electron chi connectivity index (χ0n) is 9.35. The van der Waals surface area contributed by atoms with E-state index in [4.69, 9.17) is 4.74 Å². The number of nitrogens with one attached hydrogen (secondary N) is 1. The highest BCUT2D eigenvalue weighted by atomic mass is 16.5. The fourth-order valence-corrected chi connectivity index (χ4v) is 2.74. The summed E-state index contributed by atoms with van der Waals surface area (Å²) in [5.41, 5.74) is 0.196. The van der Waals surface area contributed by atoms with Gasteiger partial charge in [0.2, 0.25) is 0 Å². The second kappa shape index (κ2) is 4.63. The summed E-state index contributed by atoms with van der Waals surface area (Å²) in [4.78, 5) is 0. The molecular weight excluding hydrogens is 174 g/mol. The molecule has 1 saturated carbocycles. The van der Waals surface area contributed by atoms with Crippen LogP contribution in [0.3, 0.4) is 0 Å². The van der Waals surface area contributed by atoms with E-state index in [1.54, 1.807) is 0 Å². The zero-order chi connectivity index (χ0) is 9.86. The monoisotopic (exact) mass is 197 g/mol. The van der Waals surface area contributed by atoms with Crippen LogP contribution < -0.4 is 5.32 Å². The maximum atomic E-state index is 6.26. The topological polar surface area (TPSA) is 21.3 Å². The Balaban J connectivity index is 1.81. The van der Waals surface area contributed by atoms with Gasteiger partial charge in [-0.2, -0.15) is 0 Å². The molecule has 2 heteroatoms. The molecule has 1 atom stereocenters. The summed E-state index contributed by atoms with van der Waals surface area (Å²) in [7, 11) is 0. The van der Waals surface area contributed by atoms with Crippen molar-refractivity contribution in [1.82, 2.24) is 5.32 Å². The second-order valence-electron chi connectivity index (χ2n) is 5.10. The van der Waals surface area contributed by atoms with Gasteiger partial charge in [-0.05, 0) is 39.2 Å². The van der Waals surface area contributed by atoms with Crippen molar-refractivity contribution < 1.29 is 4.74 Å². The number of rotatable bonds is 2. The minimum atomic E-state index is 0.196. The predicted molar refractivity (Wildman–Crippen MR) is 58.5 cm³/mol. The van der Waals surface area contributed by atoms with Crippen molar-refractivity contribution in [3.63, 3.8) is 0 Å². The molecule has 0 aromatic heterocycles. The SMILES string of the molecule is CC1(OC2CCCNC2)CCCCC1. The lowest BCUT2D eigenvalue weighted by Gasteiger charge is -2.38. The third-order valence-electron chi connectivity index (χ3n) is 3.61. The number of ether oxygens (including phenoxy) is 1. The van der Waals surface area contributed by atoms with Crippen molar-refractivity contribution in [2.75, 3.05) is 13.1 Å². The van der Waals surface area contributed by atoms with Gasteiger partial charge >= 0.3 is 0 Å². The molecule has 0 aromatic rings. The van der Waals surface area contributed by atoms with Crippen molar-refractivity contribution in [3.05, 3.63) is 0 Å². The van der Waals surface area contributed by atoms with E-state index in [1.165, 1.54) is 51.5 Å². The van der Waals surface area contributed by atoms with Gasteiger partial charge in [0.15, 0.2) is 0 Å². The molecule has 1 heterocycles.